The Labute approximate surface area is 138 Å². The van der Waals surface area contributed by atoms with Crippen LogP contribution in [-0.4, -0.2) is 43.3 Å². The van der Waals surface area contributed by atoms with E-state index in [1.54, 1.807) is 0 Å². The second-order valence-electron chi connectivity index (χ2n) is 6.03. The molecule has 0 aromatic heterocycles. The monoisotopic (exact) mass is 324 g/mol. The molecule has 23 heavy (non-hydrogen) atoms. The molecule has 0 unspecified atom stereocenters. The predicted molar refractivity (Wildman–Crippen MR) is 100 cm³/mol. The van der Waals surface area contributed by atoms with Crippen LogP contribution in [0.2, 0.25) is 0 Å². The van der Waals surface area contributed by atoms with Crippen molar-refractivity contribution in [2.75, 3.05) is 19.6 Å². The maximum absolute atomic E-state index is 12.0. The molecule has 1 heterocycles. The molecule has 1 atom stereocenters. The van der Waals surface area contributed by atoms with E-state index in [1.807, 2.05) is 17.0 Å². The number of hydrogen-bond acceptors (Lipinski definition) is 2. The normalized spacial score (nSPS) is 18.1. The molecule has 1 amide bonds. The fourth-order valence-electron chi connectivity index (χ4n) is 3.42. The van der Waals surface area contributed by atoms with Gasteiger partial charge in [0.2, 0.25) is 0 Å². The van der Waals surface area contributed by atoms with Crippen LogP contribution in [0.1, 0.15) is 6.42 Å². The minimum absolute atomic E-state index is 0.0418. The van der Waals surface area contributed by atoms with Crippen LogP contribution in [0.25, 0.3) is 0 Å². The molecule has 1 saturated heterocycles. The molecule has 0 bridgehead atoms. The molecule has 5 heteroatoms. The molecule has 1 fully saturated rings. The molecule has 2 aromatic carbocycles. The van der Waals surface area contributed by atoms with Crippen LogP contribution in [-0.2, 0) is 4.79 Å². The third-order valence-corrected chi connectivity index (χ3v) is 8.86. The first kappa shape index (κ1) is 16.2. The van der Waals surface area contributed by atoms with Crippen molar-refractivity contribution in [3.8, 4) is 0 Å². The SMILES string of the molecule is B=P(c1ccccc1)(c1ccccc1)[C@@H]1CCN(C(=O)CN)C1. The zero-order valence-electron chi connectivity index (χ0n) is 13.3. The van der Waals surface area contributed by atoms with Gasteiger partial charge in [-0.05, 0) is 0 Å². The van der Waals surface area contributed by atoms with Crippen LogP contribution >= 0.6 is 6.75 Å². The third-order valence-electron chi connectivity index (χ3n) is 4.75. The molecule has 118 valence electrons. The van der Waals surface area contributed by atoms with Gasteiger partial charge in [0, 0.05) is 0 Å². The number of hydrogen-bond donors (Lipinski definition) is 1. The molecule has 2 N–H and O–H groups in total. The number of nitrogens with two attached hydrogens (primary N) is 1. The van der Waals surface area contributed by atoms with Crippen LogP contribution in [0.5, 0.6) is 0 Å². The molecule has 0 saturated carbocycles. The summed E-state index contributed by atoms with van der Waals surface area (Å²) >= 11 is 0. The third kappa shape index (κ3) is 3.06. The Hall–Kier alpha value is -1.64. The van der Waals surface area contributed by atoms with Crippen LogP contribution in [0.4, 0.5) is 0 Å². The van der Waals surface area contributed by atoms with Crippen molar-refractivity contribution >= 4 is 30.5 Å². The van der Waals surface area contributed by atoms with Gasteiger partial charge in [0.15, 0.2) is 0 Å². The summed E-state index contributed by atoms with van der Waals surface area (Å²) in [6, 6.07) is 21.1. The fraction of sp³-hybridized carbons (Fsp3) is 0.278. The number of nitrogens with zero attached hydrogens (tertiary/aromatic N) is 1. The van der Waals surface area contributed by atoms with Gasteiger partial charge in [0.25, 0.3) is 0 Å². The topological polar surface area (TPSA) is 46.3 Å². The summed E-state index contributed by atoms with van der Waals surface area (Å²) in [7, 11) is 4.75. The molecular formula is C18H22BN2OP. The Bertz CT molecular complexity index is 677. The Morgan fingerprint density at radius 3 is 2.09 bits per heavy atom. The second-order valence-corrected chi connectivity index (χ2v) is 9.53. The zero-order chi connectivity index (χ0) is 16.3. The van der Waals surface area contributed by atoms with Crippen LogP contribution in [0.3, 0.4) is 0 Å². The first-order valence-electron chi connectivity index (χ1n) is 7.98. The minimum atomic E-state index is -1.79. The summed E-state index contributed by atoms with van der Waals surface area (Å²) in [6.45, 7) is -0.154. The van der Waals surface area contributed by atoms with E-state index in [1.165, 1.54) is 10.6 Å². The van der Waals surface area contributed by atoms with Gasteiger partial charge in [-0.3, -0.25) is 0 Å². The summed E-state index contributed by atoms with van der Waals surface area (Å²) in [5, 5.41) is 2.61. The average molecular weight is 324 g/mol. The Kier molecular flexibility index (Phi) is 4.84. The summed E-state index contributed by atoms with van der Waals surface area (Å²) in [5.41, 5.74) is 5.92. The van der Waals surface area contributed by atoms with E-state index >= 15 is 0 Å². The van der Waals surface area contributed by atoms with E-state index in [4.69, 9.17) is 12.9 Å². The van der Waals surface area contributed by atoms with Crippen molar-refractivity contribution < 1.29 is 4.79 Å². The van der Waals surface area contributed by atoms with Gasteiger partial charge >= 0.3 is 138 Å². The molecule has 3 nitrogen and oxygen atoms in total. The van der Waals surface area contributed by atoms with Crippen LogP contribution in [0, 0.1) is 0 Å². The molecule has 0 aliphatic carbocycles. The summed E-state index contributed by atoms with van der Waals surface area (Å²) < 4.78 is 0. The summed E-state index contributed by atoms with van der Waals surface area (Å²) in [6.07, 6.45) is 0.993. The quantitative estimate of drug-likeness (QED) is 0.675. The molecule has 1 aliphatic heterocycles. The van der Waals surface area contributed by atoms with Gasteiger partial charge in [0.05, 0.1) is 0 Å². The number of amides is 1. The van der Waals surface area contributed by atoms with Crippen molar-refractivity contribution in [2.45, 2.75) is 12.1 Å². The average Bonchev–Trinajstić information content (AvgIpc) is 3.12. The van der Waals surface area contributed by atoms with E-state index in [9.17, 15) is 4.79 Å². The Morgan fingerprint density at radius 1 is 1.09 bits per heavy atom. The van der Waals surface area contributed by atoms with Gasteiger partial charge in [-0.15, -0.1) is 0 Å². The standard InChI is InChI=1S/C18H22BN2OP/c19-23(15-7-3-1-4-8-15,16-9-5-2-6-10-16)17-11-12-21(14-17)18(22)13-20/h1-10,17,19H,11-14,20H2/t17-/m1/s1. The Morgan fingerprint density at radius 2 is 1.61 bits per heavy atom. The molecule has 1 aliphatic rings. The van der Waals surface area contributed by atoms with Crippen molar-refractivity contribution in [1.82, 2.24) is 4.90 Å². The summed E-state index contributed by atoms with van der Waals surface area (Å²) in [4.78, 5) is 13.9. The van der Waals surface area contributed by atoms with Crippen LogP contribution in [0.15, 0.2) is 60.7 Å². The number of likely N-dealkylation sites (tertiary alicyclic amines) is 1. The predicted octanol–water partition coefficient (Wildman–Crippen LogP) is 1.03. The fourth-order valence-corrected chi connectivity index (χ4v) is 7.00. The van der Waals surface area contributed by atoms with Gasteiger partial charge in [0.1, 0.15) is 0 Å². The first-order chi connectivity index (χ1) is 11.2. The number of carbonyl (C=O) groups is 1. The van der Waals surface area contributed by atoms with E-state index in [0.717, 1.165) is 19.5 Å². The van der Waals surface area contributed by atoms with E-state index in [0.29, 0.717) is 5.66 Å². The van der Waals surface area contributed by atoms with Gasteiger partial charge in [-0.1, -0.05) is 0 Å². The maximum atomic E-state index is 12.0. The molecule has 0 spiro atoms. The number of rotatable bonds is 4. The molecule has 3 rings (SSSR count). The van der Waals surface area contributed by atoms with Crippen molar-refractivity contribution in [3.05, 3.63) is 60.7 Å². The Balaban J connectivity index is 2.01. The van der Waals surface area contributed by atoms with Crippen molar-refractivity contribution in [1.29, 1.82) is 0 Å². The van der Waals surface area contributed by atoms with E-state index in [2.05, 4.69) is 48.5 Å². The van der Waals surface area contributed by atoms with E-state index in [-0.39, 0.29) is 12.5 Å². The molecular weight excluding hydrogens is 302 g/mol. The van der Waals surface area contributed by atoms with Crippen LogP contribution < -0.4 is 16.3 Å². The first-order valence-corrected chi connectivity index (χ1v) is 10.0. The van der Waals surface area contributed by atoms with E-state index < -0.39 is 6.75 Å². The van der Waals surface area contributed by atoms with Gasteiger partial charge in [-0.2, -0.15) is 0 Å². The van der Waals surface area contributed by atoms with Crippen molar-refractivity contribution in [2.24, 2.45) is 5.73 Å². The molecule has 2 aromatic rings. The number of benzene rings is 2. The molecule has 0 radical (unpaired) electrons. The van der Waals surface area contributed by atoms with Gasteiger partial charge < -0.3 is 0 Å². The summed E-state index contributed by atoms with van der Waals surface area (Å²) in [5.74, 6) is 0.0418. The second kappa shape index (κ2) is 6.86. The van der Waals surface area contributed by atoms with Gasteiger partial charge in [-0.25, -0.2) is 0 Å². The zero-order valence-corrected chi connectivity index (χ0v) is 14.2. The number of carbonyl (C=O) groups excluding carboxylic acids is 1. The van der Waals surface area contributed by atoms with Crippen molar-refractivity contribution in [3.63, 3.8) is 0 Å².